The third-order valence-electron chi connectivity index (χ3n) is 2.17. The molecule has 0 fully saturated rings. The van der Waals surface area contributed by atoms with Gasteiger partial charge in [-0.3, -0.25) is 5.41 Å². The van der Waals surface area contributed by atoms with Crippen molar-refractivity contribution in [3.05, 3.63) is 51.6 Å². The molecule has 2 rings (SSSR count). The summed E-state index contributed by atoms with van der Waals surface area (Å²) in [5.41, 5.74) is 6.23. The summed E-state index contributed by atoms with van der Waals surface area (Å²) in [5.74, 6) is 0.0250. The Hall–Kier alpha value is -1.04. The van der Waals surface area contributed by atoms with Crippen LogP contribution in [0.15, 0.2) is 50.9 Å². The molecule has 0 saturated carbocycles. The van der Waals surface area contributed by atoms with Gasteiger partial charge in [-0.15, -0.1) is 0 Å². The molecule has 0 aliphatic rings. The van der Waals surface area contributed by atoms with E-state index in [9.17, 15) is 0 Å². The highest BCUT2D eigenvalue weighted by Crippen LogP contribution is 2.34. The van der Waals surface area contributed by atoms with Crippen LogP contribution in [0.1, 0.15) is 5.56 Å². The normalized spacial score (nSPS) is 10.3. The van der Waals surface area contributed by atoms with Gasteiger partial charge >= 0.3 is 0 Å². The van der Waals surface area contributed by atoms with Gasteiger partial charge in [-0.2, -0.15) is 0 Å². The summed E-state index contributed by atoms with van der Waals surface area (Å²) in [6.45, 7) is 0. The molecular weight excluding hydrogens is 334 g/mol. The molecule has 3 nitrogen and oxygen atoms in total. The van der Waals surface area contributed by atoms with E-state index in [0.29, 0.717) is 15.6 Å². The van der Waals surface area contributed by atoms with Crippen LogP contribution >= 0.6 is 39.3 Å². The zero-order valence-electron chi connectivity index (χ0n) is 9.15. The molecule has 0 atom stereocenters. The Balaban J connectivity index is 2.42. The zero-order chi connectivity index (χ0) is 13.1. The number of aromatic nitrogens is 1. The second-order valence-corrected chi connectivity index (χ2v) is 5.80. The maximum atomic E-state index is 7.56. The minimum Gasteiger partial charge on any atom is -0.384 e. The number of nitrogens with two attached hydrogens (primary N) is 1. The highest BCUT2D eigenvalue weighted by Gasteiger charge is 2.10. The molecule has 1 aromatic carbocycles. The number of nitrogen functional groups attached to an aromatic ring is 1. The zero-order valence-corrected chi connectivity index (χ0v) is 12.3. The molecule has 1 aromatic heterocycles. The summed E-state index contributed by atoms with van der Waals surface area (Å²) < 4.78 is 0.919. The average molecular weight is 343 g/mol. The van der Waals surface area contributed by atoms with Crippen LogP contribution in [0, 0.1) is 5.41 Å². The fourth-order valence-corrected chi connectivity index (χ4v) is 3.06. The van der Waals surface area contributed by atoms with Crippen LogP contribution in [-0.4, -0.2) is 10.8 Å². The summed E-state index contributed by atoms with van der Waals surface area (Å²) in [4.78, 5) is 5.05. The summed E-state index contributed by atoms with van der Waals surface area (Å²) >= 11 is 10.9. The van der Waals surface area contributed by atoms with Gasteiger partial charge in [0.15, 0.2) is 0 Å². The molecule has 6 heteroatoms. The molecule has 18 heavy (non-hydrogen) atoms. The van der Waals surface area contributed by atoms with Gasteiger partial charge in [0.25, 0.3) is 0 Å². The minimum absolute atomic E-state index is 0.0250. The molecule has 0 amide bonds. The van der Waals surface area contributed by atoms with Crippen molar-refractivity contribution in [1.29, 1.82) is 5.41 Å². The van der Waals surface area contributed by atoms with E-state index in [1.54, 1.807) is 24.4 Å². The number of nitrogens with one attached hydrogen (secondary N) is 1. The first-order valence-electron chi connectivity index (χ1n) is 5.00. The van der Waals surface area contributed by atoms with E-state index in [2.05, 4.69) is 20.9 Å². The predicted octanol–water partition coefficient (Wildman–Crippen LogP) is 3.93. The molecule has 92 valence electrons. The highest BCUT2D eigenvalue weighted by atomic mass is 79.9. The van der Waals surface area contributed by atoms with E-state index in [0.717, 1.165) is 9.37 Å². The van der Waals surface area contributed by atoms with Gasteiger partial charge in [-0.25, -0.2) is 4.98 Å². The first kappa shape index (κ1) is 13.4. The van der Waals surface area contributed by atoms with Crippen molar-refractivity contribution in [1.82, 2.24) is 4.98 Å². The van der Waals surface area contributed by atoms with E-state index >= 15 is 0 Å². The quantitative estimate of drug-likeness (QED) is 0.656. The van der Waals surface area contributed by atoms with Crippen molar-refractivity contribution >= 4 is 45.1 Å². The molecule has 1 heterocycles. The van der Waals surface area contributed by atoms with Gasteiger partial charge in [0.05, 0.1) is 5.02 Å². The Labute approximate surface area is 122 Å². The number of benzene rings is 1. The van der Waals surface area contributed by atoms with Gasteiger partial charge in [-0.05, 0) is 30.3 Å². The Morgan fingerprint density at radius 1 is 1.39 bits per heavy atom. The predicted molar refractivity (Wildman–Crippen MR) is 78.5 cm³/mol. The third-order valence-corrected chi connectivity index (χ3v) is 4.15. The van der Waals surface area contributed by atoms with Crippen LogP contribution in [0.25, 0.3) is 0 Å². The lowest BCUT2D eigenvalue weighted by atomic mass is 10.2. The fraction of sp³-hybridized carbons (Fsp3) is 0. The van der Waals surface area contributed by atoms with Crippen LogP contribution in [0.3, 0.4) is 0 Å². The smallest absolute Gasteiger partial charge is 0.123 e. The van der Waals surface area contributed by atoms with Crippen LogP contribution in [-0.2, 0) is 0 Å². The van der Waals surface area contributed by atoms with Crippen molar-refractivity contribution in [3.63, 3.8) is 0 Å². The molecule has 0 radical (unpaired) electrons. The first-order chi connectivity index (χ1) is 8.58. The number of nitrogens with zero attached hydrogens (tertiary/aromatic N) is 1. The molecule has 0 aliphatic heterocycles. The van der Waals surface area contributed by atoms with Gasteiger partial charge in [0.1, 0.15) is 10.9 Å². The second-order valence-electron chi connectivity index (χ2n) is 3.45. The Morgan fingerprint density at radius 2 is 2.17 bits per heavy atom. The number of hydrogen-bond donors (Lipinski definition) is 2. The van der Waals surface area contributed by atoms with Crippen molar-refractivity contribution < 1.29 is 0 Å². The Kier molecular flexibility index (Phi) is 4.27. The van der Waals surface area contributed by atoms with Gasteiger partial charge in [0.2, 0.25) is 0 Å². The van der Waals surface area contributed by atoms with Crippen LogP contribution in [0.2, 0.25) is 5.02 Å². The third kappa shape index (κ3) is 3.04. The lowest BCUT2D eigenvalue weighted by Crippen LogP contribution is -2.12. The van der Waals surface area contributed by atoms with Crippen LogP contribution in [0.4, 0.5) is 0 Å². The summed E-state index contributed by atoms with van der Waals surface area (Å²) in [7, 11) is 0. The molecule has 0 aliphatic carbocycles. The molecular formula is C12H9BrClN3S. The van der Waals surface area contributed by atoms with Crippen molar-refractivity contribution in [2.45, 2.75) is 9.92 Å². The Bertz CT molecular complexity index is 604. The maximum Gasteiger partial charge on any atom is 0.123 e. The number of hydrogen-bond acceptors (Lipinski definition) is 3. The summed E-state index contributed by atoms with van der Waals surface area (Å²) in [5, 5.41) is 8.84. The minimum atomic E-state index is 0.0250. The van der Waals surface area contributed by atoms with E-state index in [4.69, 9.17) is 22.7 Å². The topological polar surface area (TPSA) is 62.8 Å². The number of halogens is 2. The first-order valence-corrected chi connectivity index (χ1v) is 6.99. The van der Waals surface area contributed by atoms with Crippen molar-refractivity contribution in [2.24, 2.45) is 5.73 Å². The van der Waals surface area contributed by atoms with Crippen LogP contribution in [0.5, 0.6) is 0 Å². The standard InChI is InChI=1S/C12H9BrClN3S/c13-7-3-4-8(11(15)16)10(6-7)18-12-9(14)2-1-5-17-12/h1-6H,(H3,15,16). The number of pyridine rings is 1. The number of rotatable bonds is 3. The molecule has 0 bridgehead atoms. The van der Waals surface area contributed by atoms with Crippen molar-refractivity contribution in [3.8, 4) is 0 Å². The molecule has 0 saturated heterocycles. The van der Waals surface area contributed by atoms with Gasteiger partial charge in [-0.1, -0.05) is 39.3 Å². The monoisotopic (exact) mass is 341 g/mol. The maximum absolute atomic E-state index is 7.56. The lowest BCUT2D eigenvalue weighted by molar-refractivity contribution is 1.13. The summed E-state index contributed by atoms with van der Waals surface area (Å²) in [6.07, 6.45) is 1.68. The molecule has 0 unspecified atom stereocenters. The Morgan fingerprint density at radius 3 is 2.83 bits per heavy atom. The largest absolute Gasteiger partial charge is 0.384 e. The van der Waals surface area contributed by atoms with Crippen LogP contribution < -0.4 is 5.73 Å². The second kappa shape index (κ2) is 5.73. The molecule has 2 aromatic rings. The van der Waals surface area contributed by atoms with Crippen molar-refractivity contribution in [2.75, 3.05) is 0 Å². The van der Waals surface area contributed by atoms with Gasteiger partial charge in [0, 0.05) is 21.1 Å². The van der Waals surface area contributed by atoms with E-state index in [1.807, 2.05) is 12.1 Å². The average Bonchev–Trinajstić information content (AvgIpc) is 2.32. The van der Waals surface area contributed by atoms with E-state index in [-0.39, 0.29) is 5.84 Å². The molecule has 3 N–H and O–H groups in total. The van der Waals surface area contributed by atoms with E-state index in [1.165, 1.54) is 11.8 Å². The fourth-order valence-electron chi connectivity index (χ4n) is 1.35. The molecule has 0 spiro atoms. The summed E-state index contributed by atoms with van der Waals surface area (Å²) in [6, 6.07) is 9.10. The SMILES string of the molecule is N=C(N)c1ccc(Br)cc1Sc1ncccc1Cl. The number of amidine groups is 1. The lowest BCUT2D eigenvalue weighted by Gasteiger charge is -2.08. The van der Waals surface area contributed by atoms with Gasteiger partial charge < -0.3 is 5.73 Å². The van der Waals surface area contributed by atoms with E-state index < -0.39 is 0 Å². The highest BCUT2D eigenvalue weighted by molar-refractivity contribution is 9.10.